The first-order chi connectivity index (χ1) is 12.4. The lowest BCUT2D eigenvalue weighted by atomic mass is 9.93. The summed E-state index contributed by atoms with van der Waals surface area (Å²) in [5.41, 5.74) is 0. The van der Waals surface area contributed by atoms with Crippen LogP contribution in [0.1, 0.15) is 38.5 Å². The fourth-order valence-corrected chi connectivity index (χ4v) is 5.03. The predicted molar refractivity (Wildman–Crippen MR) is 95.9 cm³/mol. The van der Waals surface area contributed by atoms with Crippen molar-refractivity contribution < 1.29 is 17.9 Å². The van der Waals surface area contributed by atoms with E-state index < -0.39 is 10.0 Å². The summed E-state index contributed by atoms with van der Waals surface area (Å²) < 4.78 is 33.7. The van der Waals surface area contributed by atoms with Crippen LogP contribution in [0.3, 0.4) is 0 Å². The van der Waals surface area contributed by atoms with Crippen molar-refractivity contribution >= 4 is 15.9 Å². The number of hydrogen-bond donors (Lipinski definition) is 1. The highest BCUT2D eigenvalue weighted by atomic mass is 32.2. The Morgan fingerprint density at radius 1 is 1.35 bits per heavy atom. The third-order valence-electron chi connectivity index (χ3n) is 5.22. The molecule has 0 aliphatic carbocycles. The zero-order chi connectivity index (χ0) is 18.6. The maximum atomic E-state index is 12.6. The molecular formula is C17H28N4O4S. The molecule has 0 spiro atoms. The Morgan fingerprint density at radius 3 is 2.73 bits per heavy atom. The molecule has 0 bridgehead atoms. The topological polar surface area (TPSA) is 93.5 Å². The van der Waals surface area contributed by atoms with Gasteiger partial charge in [-0.25, -0.2) is 8.42 Å². The highest BCUT2D eigenvalue weighted by molar-refractivity contribution is 7.89. The van der Waals surface area contributed by atoms with E-state index >= 15 is 0 Å². The molecule has 26 heavy (non-hydrogen) atoms. The Labute approximate surface area is 154 Å². The van der Waals surface area contributed by atoms with Crippen molar-refractivity contribution in [2.24, 2.45) is 13.0 Å². The molecule has 146 valence electrons. The number of aromatic nitrogens is 2. The van der Waals surface area contributed by atoms with Gasteiger partial charge in [0.2, 0.25) is 15.9 Å². The lowest BCUT2D eigenvalue weighted by molar-refractivity contribution is -0.121. The number of rotatable bonds is 7. The van der Waals surface area contributed by atoms with Gasteiger partial charge in [-0.15, -0.1) is 0 Å². The van der Waals surface area contributed by atoms with Crippen LogP contribution in [-0.4, -0.2) is 60.8 Å². The lowest BCUT2D eigenvalue weighted by Gasteiger charge is -2.30. The molecule has 1 aromatic rings. The number of aryl methyl sites for hydroxylation is 1. The van der Waals surface area contributed by atoms with Crippen LogP contribution < -0.4 is 5.32 Å². The van der Waals surface area contributed by atoms with E-state index in [1.165, 1.54) is 21.4 Å². The molecule has 1 amide bonds. The van der Waals surface area contributed by atoms with Crippen LogP contribution in [-0.2, 0) is 26.6 Å². The summed E-state index contributed by atoms with van der Waals surface area (Å²) in [6, 6.07) is 0. The summed E-state index contributed by atoms with van der Waals surface area (Å²) in [4.78, 5) is 12.2. The monoisotopic (exact) mass is 384 g/mol. The summed E-state index contributed by atoms with van der Waals surface area (Å²) in [5.74, 6) is 0.453. The SMILES string of the molecule is Cn1cc(S(=O)(=O)N2CCC(CCC(=O)NCC3CCCO3)CC2)cn1. The van der Waals surface area contributed by atoms with E-state index in [0.29, 0.717) is 32.0 Å². The third kappa shape index (κ3) is 4.83. The van der Waals surface area contributed by atoms with Crippen molar-refractivity contribution in [3.05, 3.63) is 12.4 Å². The minimum atomic E-state index is -3.46. The smallest absolute Gasteiger partial charge is 0.246 e. The second-order valence-electron chi connectivity index (χ2n) is 7.17. The summed E-state index contributed by atoms with van der Waals surface area (Å²) >= 11 is 0. The fraction of sp³-hybridized carbons (Fsp3) is 0.765. The van der Waals surface area contributed by atoms with Gasteiger partial charge in [0.05, 0.1) is 12.3 Å². The van der Waals surface area contributed by atoms with Gasteiger partial charge in [-0.3, -0.25) is 9.48 Å². The van der Waals surface area contributed by atoms with Crippen molar-refractivity contribution in [2.45, 2.75) is 49.5 Å². The van der Waals surface area contributed by atoms with Crippen molar-refractivity contribution in [1.82, 2.24) is 19.4 Å². The van der Waals surface area contributed by atoms with E-state index in [9.17, 15) is 13.2 Å². The van der Waals surface area contributed by atoms with Gasteiger partial charge in [0.25, 0.3) is 0 Å². The number of nitrogens with zero attached hydrogens (tertiary/aromatic N) is 3. The summed E-state index contributed by atoms with van der Waals surface area (Å²) in [6.07, 6.45) is 8.05. The van der Waals surface area contributed by atoms with Crippen LogP contribution in [0.25, 0.3) is 0 Å². The van der Waals surface area contributed by atoms with Crippen molar-refractivity contribution in [3.8, 4) is 0 Å². The molecule has 2 saturated heterocycles. The molecule has 0 saturated carbocycles. The maximum Gasteiger partial charge on any atom is 0.246 e. The third-order valence-corrected chi connectivity index (χ3v) is 7.07. The maximum absolute atomic E-state index is 12.6. The number of ether oxygens (including phenoxy) is 1. The normalized spacial score (nSPS) is 22.6. The van der Waals surface area contributed by atoms with Crippen LogP contribution in [0.4, 0.5) is 0 Å². The van der Waals surface area contributed by atoms with Crippen LogP contribution >= 0.6 is 0 Å². The first-order valence-electron chi connectivity index (χ1n) is 9.32. The molecule has 3 rings (SSSR count). The molecule has 9 heteroatoms. The zero-order valence-electron chi connectivity index (χ0n) is 15.3. The van der Waals surface area contributed by atoms with Crippen molar-refractivity contribution in [2.75, 3.05) is 26.2 Å². The fourth-order valence-electron chi connectivity index (χ4n) is 3.58. The Bertz CT molecular complexity index is 704. The average molecular weight is 385 g/mol. The highest BCUT2D eigenvalue weighted by Crippen LogP contribution is 2.26. The van der Waals surface area contributed by atoms with E-state index in [4.69, 9.17) is 4.74 Å². The van der Waals surface area contributed by atoms with Gasteiger partial charge >= 0.3 is 0 Å². The Morgan fingerprint density at radius 2 is 2.12 bits per heavy atom. The van der Waals surface area contributed by atoms with E-state index in [0.717, 1.165) is 38.7 Å². The molecule has 1 atom stereocenters. The zero-order valence-corrected chi connectivity index (χ0v) is 16.1. The van der Waals surface area contributed by atoms with E-state index in [2.05, 4.69) is 10.4 Å². The average Bonchev–Trinajstić information content (AvgIpc) is 3.30. The van der Waals surface area contributed by atoms with E-state index in [1.54, 1.807) is 7.05 Å². The number of nitrogens with one attached hydrogen (secondary N) is 1. The molecule has 2 aliphatic rings. The van der Waals surface area contributed by atoms with E-state index in [1.807, 2.05) is 0 Å². The summed E-state index contributed by atoms with van der Waals surface area (Å²) in [5, 5.41) is 6.89. The first kappa shape index (κ1) is 19.3. The van der Waals surface area contributed by atoms with Crippen LogP contribution in [0, 0.1) is 5.92 Å². The predicted octanol–water partition coefficient (Wildman–Crippen LogP) is 0.896. The van der Waals surface area contributed by atoms with Gasteiger partial charge in [0.1, 0.15) is 4.90 Å². The Kier molecular flexibility index (Phi) is 6.31. The minimum Gasteiger partial charge on any atom is -0.376 e. The number of piperidine rings is 1. The second kappa shape index (κ2) is 8.49. The Hall–Kier alpha value is -1.45. The van der Waals surface area contributed by atoms with Crippen molar-refractivity contribution in [3.63, 3.8) is 0 Å². The summed E-state index contributed by atoms with van der Waals surface area (Å²) in [7, 11) is -1.75. The molecule has 1 N–H and O–H groups in total. The molecule has 3 heterocycles. The minimum absolute atomic E-state index is 0.0610. The number of hydrogen-bond acceptors (Lipinski definition) is 5. The van der Waals surface area contributed by atoms with Gasteiger partial charge in [-0.2, -0.15) is 9.40 Å². The van der Waals surface area contributed by atoms with Crippen LogP contribution in [0.15, 0.2) is 17.3 Å². The highest BCUT2D eigenvalue weighted by Gasteiger charge is 2.30. The quantitative estimate of drug-likeness (QED) is 0.754. The molecule has 0 radical (unpaired) electrons. The van der Waals surface area contributed by atoms with Crippen LogP contribution in [0.2, 0.25) is 0 Å². The molecule has 8 nitrogen and oxygen atoms in total. The molecule has 2 fully saturated rings. The second-order valence-corrected chi connectivity index (χ2v) is 9.11. The molecule has 2 aliphatic heterocycles. The van der Waals surface area contributed by atoms with E-state index in [-0.39, 0.29) is 16.9 Å². The van der Waals surface area contributed by atoms with Gasteiger partial charge < -0.3 is 10.1 Å². The van der Waals surface area contributed by atoms with Gasteiger partial charge in [-0.05, 0) is 38.0 Å². The molecule has 1 unspecified atom stereocenters. The molecule has 0 aromatic carbocycles. The lowest BCUT2D eigenvalue weighted by Crippen LogP contribution is -2.38. The first-order valence-corrected chi connectivity index (χ1v) is 10.8. The van der Waals surface area contributed by atoms with Crippen LogP contribution in [0.5, 0.6) is 0 Å². The molecular weight excluding hydrogens is 356 g/mol. The largest absolute Gasteiger partial charge is 0.376 e. The number of sulfonamides is 1. The number of carbonyl (C=O) groups is 1. The van der Waals surface area contributed by atoms with Gasteiger partial charge in [-0.1, -0.05) is 0 Å². The Balaban J connectivity index is 1.39. The number of carbonyl (C=O) groups excluding carboxylic acids is 1. The molecule has 1 aromatic heterocycles. The standard InChI is InChI=1S/C17H28N4O4S/c1-20-13-16(12-19-20)26(23,24)21-8-6-14(7-9-21)4-5-17(22)18-11-15-3-2-10-25-15/h12-15H,2-11H2,1H3,(H,18,22). The van der Waals surface area contributed by atoms with Gasteiger partial charge in [0, 0.05) is 45.9 Å². The van der Waals surface area contributed by atoms with Gasteiger partial charge in [0.15, 0.2) is 0 Å². The van der Waals surface area contributed by atoms with Crippen molar-refractivity contribution in [1.29, 1.82) is 0 Å². The number of amides is 1. The summed E-state index contributed by atoms with van der Waals surface area (Å²) in [6.45, 7) is 2.39.